The lowest BCUT2D eigenvalue weighted by Crippen LogP contribution is -2.43. The fourth-order valence-corrected chi connectivity index (χ4v) is 5.53. The first-order valence-electron chi connectivity index (χ1n) is 11.5. The standard InChI is InChI=1S/C25H28ClN3O4S/c1-3-16(2)23-25(31)29(14-13-22(30)28-34(32,33)19-10-11-19)21-12-9-18(26)15-20(21)24(27-23)17-7-5-4-6-8-17/h4-9,12,15-16,19,23H,3,10-11,13-14H2,1-2H3,(H,28,30)/t16-,23?/m0/s1. The zero-order valence-electron chi connectivity index (χ0n) is 19.2. The number of halogens is 1. The third kappa shape index (κ3) is 5.18. The van der Waals surface area contributed by atoms with Gasteiger partial charge in [-0.25, -0.2) is 8.42 Å². The van der Waals surface area contributed by atoms with Crippen molar-refractivity contribution in [3.8, 4) is 0 Å². The van der Waals surface area contributed by atoms with E-state index in [1.54, 1.807) is 23.1 Å². The molecule has 4 rings (SSSR count). The molecule has 34 heavy (non-hydrogen) atoms. The number of benzene rings is 2. The van der Waals surface area contributed by atoms with E-state index in [1.807, 2.05) is 44.2 Å². The molecule has 7 nitrogen and oxygen atoms in total. The second-order valence-electron chi connectivity index (χ2n) is 8.85. The number of benzodiazepines with no additional fused rings is 1. The normalized spacial score (nSPS) is 19.1. The van der Waals surface area contributed by atoms with Crippen LogP contribution in [0.4, 0.5) is 5.69 Å². The van der Waals surface area contributed by atoms with Gasteiger partial charge in [0.1, 0.15) is 6.04 Å². The highest BCUT2D eigenvalue weighted by molar-refractivity contribution is 7.90. The highest BCUT2D eigenvalue weighted by Gasteiger charge is 2.38. The van der Waals surface area contributed by atoms with E-state index in [0.29, 0.717) is 34.8 Å². The fourth-order valence-electron chi connectivity index (χ4n) is 4.01. The first kappa shape index (κ1) is 24.4. The van der Waals surface area contributed by atoms with Gasteiger partial charge in [0.25, 0.3) is 5.91 Å². The van der Waals surface area contributed by atoms with Crippen LogP contribution in [-0.4, -0.2) is 43.8 Å². The van der Waals surface area contributed by atoms with Crippen LogP contribution in [0.15, 0.2) is 53.5 Å². The first-order chi connectivity index (χ1) is 16.2. The highest BCUT2D eigenvalue weighted by Crippen LogP contribution is 2.33. The molecule has 1 N–H and O–H groups in total. The van der Waals surface area contributed by atoms with Crippen LogP contribution >= 0.6 is 11.6 Å². The first-order valence-corrected chi connectivity index (χ1v) is 13.4. The summed E-state index contributed by atoms with van der Waals surface area (Å²) in [4.78, 5) is 32.7. The monoisotopic (exact) mass is 501 g/mol. The van der Waals surface area contributed by atoms with Crippen molar-refractivity contribution < 1.29 is 18.0 Å². The van der Waals surface area contributed by atoms with E-state index in [0.717, 1.165) is 12.0 Å². The number of fused-ring (bicyclic) bond motifs is 1. The smallest absolute Gasteiger partial charge is 0.252 e. The van der Waals surface area contributed by atoms with Gasteiger partial charge in [-0.05, 0) is 37.0 Å². The number of nitrogens with zero attached hydrogens (tertiary/aromatic N) is 2. The molecule has 9 heteroatoms. The van der Waals surface area contributed by atoms with Gasteiger partial charge < -0.3 is 4.90 Å². The average Bonchev–Trinajstić information content (AvgIpc) is 3.67. The maximum Gasteiger partial charge on any atom is 0.252 e. The molecule has 1 heterocycles. The molecule has 2 amide bonds. The molecule has 0 spiro atoms. The summed E-state index contributed by atoms with van der Waals surface area (Å²) < 4.78 is 26.4. The predicted molar refractivity (Wildman–Crippen MR) is 134 cm³/mol. The van der Waals surface area contributed by atoms with E-state index in [9.17, 15) is 18.0 Å². The Labute approximate surface area is 205 Å². The summed E-state index contributed by atoms with van der Waals surface area (Å²) in [7, 11) is -3.64. The Morgan fingerprint density at radius 1 is 1.21 bits per heavy atom. The van der Waals surface area contributed by atoms with Gasteiger partial charge in [-0.2, -0.15) is 0 Å². The zero-order chi connectivity index (χ0) is 24.5. The molecule has 2 atom stereocenters. The van der Waals surface area contributed by atoms with E-state index < -0.39 is 27.2 Å². The molecular formula is C25H28ClN3O4S. The lowest BCUT2D eigenvalue weighted by Gasteiger charge is -2.27. The van der Waals surface area contributed by atoms with Gasteiger partial charge in [0.2, 0.25) is 15.9 Å². The van der Waals surface area contributed by atoms with Crippen LogP contribution in [-0.2, 0) is 19.6 Å². The Kier molecular flexibility index (Phi) is 7.09. The van der Waals surface area contributed by atoms with Crippen molar-refractivity contribution in [2.24, 2.45) is 10.9 Å². The lowest BCUT2D eigenvalue weighted by atomic mass is 9.98. The molecule has 1 fully saturated rings. The van der Waals surface area contributed by atoms with Gasteiger partial charge in [-0.1, -0.05) is 62.2 Å². The van der Waals surface area contributed by atoms with Crippen molar-refractivity contribution in [2.75, 3.05) is 11.4 Å². The molecule has 1 aliphatic carbocycles. The van der Waals surface area contributed by atoms with Crippen molar-refractivity contribution >= 4 is 44.8 Å². The Bertz CT molecular complexity index is 1230. The molecule has 2 aliphatic rings. The molecular weight excluding hydrogens is 474 g/mol. The number of hydrogen-bond donors (Lipinski definition) is 1. The maximum absolute atomic E-state index is 13.7. The van der Waals surface area contributed by atoms with Gasteiger partial charge in [0.05, 0.1) is 16.6 Å². The maximum atomic E-state index is 13.7. The SMILES string of the molecule is CC[C@H](C)C1N=C(c2ccccc2)c2cc(Cl)ccc2N(CCC(=O)NS(=O)(=O)C2CC2)C1=O. The van der Waals surface area contributed by atoms with Gasteiger partial charge in [-0.15, -0.1) is 0 Å². The fraction of sp³-hybridized carbons (Fsp3) is 0.400. The molecule has 0 aromatic heterocycles. The second-order valence-corrected chi connectivity index (χ2v) is 11.2. The quantitative estimate of drug-likeness (QED) is 0.592. The summed E-state index contributed by atoms with van der Waals surface area (Å²) in [5.74, 6) is -0.881. The van der Waals surface area contributed by atoms with Crippen LogP contribution in [0.3, 0.4) is 0 Å². The Morgan fingerprint density at radius 2 is 1.91 bits per heavy atom. The molecule has 1 saturated carbocycles. The molecule has 0 bridgehead atoms. The van der Waals surface area contributed by atoms with E-state index in [2.05, 4.69) is 4.72 Å². The van der Waals surface area contributed by atoms with Gasteiger partial charge >= 0.3 is 0 Å². The number of aliphatic imine (C=N–C) groups is 1. The largest absolute Gasteiger partial charge is 0.309 e. The van der Waals surface area contributed by atoms with Gasteiger partial charge in [0.15, 0.2) is 0 Å². The van der Waals surface area contributed by atoms with E-state index in [1.165, 1.54) is 0 Å². The molecule has 0 saturated heterocycles. The van der Waals surface area contributed by atoms with E-state index in [4.69, 9.17) is 16.6 Å². The summed E-state index contributed by atoms with van der Waals surface area (Å²) in [6.07, 6.45) is 1.73. The van der Waals surface area contributed by atoms with Crippen LogP contribution < -0.4 is 9.62 Å². The van der Waals surface area contributed by atoms with Crippen LogP contribution in [0.25, 0.3) is 0 Å². The van der Waals surface area contributed by atoms with Crippen molar-refractivity contribution in [2.45, 2.75) is 50.8 Å². The number of rotatable bonds is 8. The van der Waals surface area contributed by atoms with Crippen molar-refractivity contribution in [3.05, 3.63) is 64.7 Å². The number of carbonyl (C=O) groups excluding carboxylic acids is 2. The number of sulfonamides is 1. The van der Waals surface area contributed by atoms with Crippen molar-refractivity contribution in [1.29, 1.82) is 0 Å². The molecule has 1 aliphatic heterocycles. The Hall–Kier alpha value is -2.71. The number of carbonyl (C=O) groups is 2. The summed E-state index contributed by atoms with van der Waals surface area (Å²) in [6, 6.07) is 14.2. The number of anilines is 1. The van der Waals surface area contributed by atoms with Crippen LogP contribution in [0, 0.1) is 5.92 Å². The summed E-state index contributed by atoms with van der Waals surface area (Å²) in [6.45, 7) is 4.01. The third-order valence-electron chi connectivity index (χ3n) is 6.30. The highest BCUT2D eigenvalue weighted by atomic mass is 35.5. The topological polar surface area (TPSA) is 95.9 Å². The number of amides is 2. The zero-order valence-corrected chi connectivity index (χ0v) is 20.8. The van der Waals surface area contributed by atoms with Crippen LogP contribution in [0.5, 0.6) is 0 Å². The molecule has 2 aromatic carbocycles. The lowest BCUT2D eigenvalue weighted by molar-refractivity contribution is -0.121. The summed E-state index contributed by atoms with van der Waals surface area (Å²) in [5.41, 5.74) is 2.83. The molecule has 2 aromatic rings. The molecule has 0 radical (unpaired) electrons. The van der Waals surface area contributed by atoms with Gasteiger partial charge in [-0.3, -0.25) is 19.3 Å². The molecule has 1 unspecified atom stereocenters. The van der Waals surface area contributed by atoms with Gasteiger partial charge in [0, 0.05) is 29.1 Å². The predicted octanol–water partition coefficient (Wildman–Crippen LogP) is 3.94. The van der Waals surface area contributed by atoms with E-state index >= 15 is 0 Å². The van der Waals surface area contributed by atoms with Crippen LogP contribution in [0.1, 0.15) is 50.7 Å². The molecule has 180 valence electrons. The number of hydrogen-bond acceptors (Lipinski definition) is 5. The third-order valence-corrected chi connectivity index (χ3v) is 8.40. The minimum Gasteiger partial charge on any atom is -0.309 e. The van der Waals surface area contributed by atoms with Crippen molar-refractivity contribution in [1.82, 2.24) is 4.72 Å². The number of nitrogens with one attached hydrogen (secondary N) is 1. The summed E-state index contributed by atoms with van der Waals surface area (Å²) in [5, 5.41) is 0.0146. The Morgan fingerprint density at radius 3 is 2.56 bits per heavy atom. The minimum absolute atomic E-state index is 0.0318. The second kappa shape index (κ2) is 9.88. The summed E-state index contributed by atoms with van der Waals surface area (Å²) >= 11 is 6.34. The average molecular weight is 502 g/mol. The van der Waals surface area contributed by atoms with Crippen LogP contribution in [0.2, 0.25) is 5.02 Å². The Balaban J connectivity index is 1.71. The minimum atomic E-state index is -3.64. The van der Waals surface area contributed by atoms with E-state index in [-0.39, 0.29) is 24.8 Å². The van der Waals surface area contributed by atoms with Crippen molar-refractivity contribution in [3.63, 3.8) is 0 Å².